The van der Waals surface area contributed by atoms with Crippen LogP contribution in [0.5, 0.6) is 0 Å². The zero-order valence-corrected chi connectivity index (χ0v) is 18.0. The van der Waals surface area contributed by atoms with Gasteiger partial charge in [-0.25, -0.2) is 0 Å². The van der Waals surface area contributed by atoms with Gasteiger partial charge in [-0.2, -0.15) is 0 Å². The average Bonchev–Trinajstić information content (AvgIpc) is 2.82. The van der Waals surface area contributed by atoms with Crippen molar-refractivity contribution in [3.63, 3.8) is 0 Å². The largest absolute Gasteiger partial charge is 0.391 e. The lowest BCUT2D eigenvalue weighted by Gasteiger charge is -2.50. The van der Waals surface area contributed by atoms with Gasteiger partial charge in [0.05, 0.1) is 18.2 Å². The summed E-state index contributed by atoms with van der Waals surface area (Å²) in [7, 11) is 0. The van der Waals surface area contributed by atoms with E-state index in [-0.39, 0.29) is 30.7 Å². The maximum absolute atomic E-state index is 12.7. The number of rotatable bonds is 4. The summed E-state index contributed by atoms with van der Waals surface area (Å²) in [5, 5.41) is 11.0. The predicted molar refractivity (Wildman–Crippen MR) is 120 cm³/mol. The Morgan fingerprint density at radius 2 is 1.58 bits per heavy atom. The van der Waals surface area contributed by atoms with Gasteiger partial charge in [-0.3, -0.25) is 9.69 Å². The molecule has 3 fully saturated rings. The molecule has 31 heavy (non-hydrogen) atoms. The normalized spacial score (nSPS) is 30.2. The van der Waals surface area contributed by atoms with Crippen LogP contribution in [0.3, 0.4) is 0 Å². The van der Waals surface area contributed by atoms with E-state index in [1.54, 1.807) is 0 Å². The number of aliphatic hydroxyl groups is 1. The van der Waals surface area contributed by atoms with E-state index in [0.29, 0.717) is 18.9 Å². The summed E-state index contributed by atoms with van der Waals surface area (Å²) in [6.45, 7) is 2.72. The van der Waals surface area contributed by atoms with Crippen LogP contribution in [0.2, 0.25) is 0 Å². The van der Waals surface area contributed by atoms with Crippen molar-refractivity contribution in [2.24, 2.45) is 0 Å². The van der Waals surface area contributed by atoms with Crippen LogP contribution in [0.1, 0.15) is 42.7 Å². The number of piperidine rings is 1. The second kappa shape index (κ2) is 9.11. The number of fused-ring (bicyclic) bond motifs is 1. The van der Waals surface area contributed by atoms with Crippen molar-refractivity contribution < 1.29 is 14.6 Å². The number of carbonyl (C=O) groups is 1. The molecule has 2 saturated heterocycles. The number of amides is 1. The molecule has 4 atom stereocenters. The molecule has 1 N–H and O–H groups in total. The first-order valence-corrected chi connectivity index (χ1v) is 11.6. The molecule has 0 bridgehead atoms. The SMILES string of the molecule is O=C1CO[C@H]2C[C@H](O)[C@@H](N3CCC(c4ccccc4)CC3)C[C@@H]2N1Cc1ccccc1. The number of benzene rings is 2. The molecule has 2 aliphatic heterocycles. The van der Waals surface area contributed by atoms with Gasteiger partial charge in [0.1, 0.15) is 6.61 Å². The summed E-state index contributed by atoms with van der Waals surface area (Å²) in [5.74, 6) is 0.656. The summed E-state index contributed by atoms with van der Waals surface area (Å²) in [6, 6.07) is 21.1. The lowest BCUT2D eigenvalue weighted by atomic mass is 9.81. The van der Waals surface area contributed by atoms with Crippen molar-refractivity contribution in [2.75, 3.05) is 19.7 Å². The Morgan fingerprint density at radius 1 is 0.903 bits per heavy atom. The lowest BCUT2D eigenvalue weighted by molar-refractivity contribution is -0.172. The van der Waals surface area contributed by atoms with Crippen LogP contribution < -0.4 is 0 Å². The van der Waals surface area contributed by atoms with Crippen LogP contribution in [-0.4, -0.2) is 64.8 Å². The van der Waals surface area contributed by atoms with Gasteiger partial charge >= 0.3 is 0 Å². The topological polar surface area (TPSA) is 53.0 Å². The fourth-order valence-corrected chi connectivity index (χ4v) is 5.73. The third-order valence-electron chi connectivity index (χ3n) is 7.44. The molecule has 0 aromatic heterocycles. The predicted octanol–water partition coefficient (Wildman–Crippen LogP) is 3.19. The molecule has 1 amide bonds. The van der Waals surface area contributed by atoms with Gasteiger partial charge in [0.2, 0.25) is 5.91 Å². The van der Waals surface area contributed by atoms with Gasteiger partial charge in [0.15, 0.2) is 0 Å². The highest BCUT2D eigenvalue weighted by Gasteiger charge is 2.46. The molecule has 2 heterocycles. The van der Waals surface area contributed by atoms with Crippen LogP contribution in [0.25, 0.3) is 0 Å². The third kappa shape index (κ3) is 4.40. The number of nitrogens with zero attached hydrogens (tertiary/aromatic N) is 2. The Bertz CT molecular complexity index is 867. The molecule has 1 aliphatic carbocycles. The van der Waals surface area contributed by atoms with Crippen LogP contribution in [0.4, 0.5) is 0 Å². The molecule has 0 unspecified atom stereocenters. The molecule has 3 aliphatic rings. The second-order valence-corrected chi connectivity index (χ2v) is 9.25. The lowest BCUT2D eigenvalue weighted by Crippen LogP contribution is -2.63. The first-order valence-electron chi connectivity index (χ1n) is 11.6. The minimum atomic E-state index is -0.402. The van der Waals surface area contributed by atoms with Crippen LogP contribution in [0.15, 0.2) is 60.7 Å². The summed E-state index contributed by atoms with van der Waals surface area (Å²) in [5.41, 5.74) is 2.56. The Kier molecular flexibility index (Phi) is 6.08. The molecule has 0 radical (unpaired) electrons. The van der Waals surface area contributed by atoms with E-state index in [2.05, 4.69) is 47.4 Å². The van der Waals surface area contributed by atoms with Crippen molar-refractivity contribution in [1.29, 1.82) is 0 Å². The number of hydrogen-bond acceptors (Lipinski definition) is 4. The van der Waals surface area contributed by atoms with Gasteiger partial charge < -0.3 is 14.7 Å². The molecular weight excluding hydrogens is 388 g/mol. The monoisotopic (exact) mass is 420 g/mol. The second-order valence-electron chi connectivity index (χ2n) is 9.25. The molecule has 2 aromatic rings. The number of hydrogen-bond donors (Lipinski definition) is 1. The zero-order valence-electron chi connectivity index (χ0n) is 18.0. The zero-order chi connectivity index (χ0) is 21.2. The number of ether oxygens (including phenoxy) is 1. The van der Waals surface area contributed by atoms with E-state index >= 15 is 0 Å². The highest BCUT2D eigenvalue weighted by molar-refractivity contribution is 5.78. The quantitative estimate of drug-likeness (QED) is 0.826. The van der Waals surface area contributed by atoms with E-state index < -0.39 is 6.10 Å². The fraction of sp³-hybridized carbons (Fsp3) is 0.500. The van der Waals surface area contributed by atoms with Crippen molar-refractivity contribution in [3.8, 4) is 0 Å². The molecule has 0 spiro atoms. The Labute approximate surface area is 184 Å². The van der Waals surface area contributed by atoms with Gasteiger partial charge in [0.25, 0.3) is 0 Å². The number of morpholine rings is 1. The maximum Gasteiger partial charge on any atom is 0.249 e. The van der Waals surface area contributed by atoms with E-state index in [1.165, 1.54) is 5.56 Å². The van der Waals surface area contributed by atoms with Crippen molar-refractivity contribution in [2.45, 2.75) is 62.4 Å². The molecular formula is C26H32N2O3. The molecule has 1 saturated carbocycles. The smallest absolute Gasteiger partial charge is 0.249 e. The molecule has 5 heteroatoms. The minimum Gasteiger partial charge on any atom is -0.391 e. The van der Waals surface area contributed by atoms with E-state index in [9.17, 15) is 9.90 Å². The Balaban J connectivity index is 1.27. The molecule has 5 rings (SSSR count). The summed E-state index contributed by atoms with van der Waals surface area (Å²) < 4.78 is 5.87. The highest BCUT2D eigenvalue weighted by Crippen LogP contribution is 2.36. The van der Waals surface area contributed by atoms with E-state index in [0.717, 1.165) is 37.9 Å². The van der Waals surface area contributed by atoms with Crippen molar-refractivity contribution >= 4 is 5.91 Å². The molecule has 2 aromatic carbocycles. The standard InChI is InChI=1S/C26H32N2O3/c29-24-16-25-23(28(26(30)18-31-25)17-19-7-3-1-4-8-19)15-22(24)27-13-11-21(12-14-27)20-9-5-2-6-10-20/h1-10,21-25,29H,11-18H2/t22-,23-,24-,25-/m0/s1. The number of carbonyl (C=O) groups excluding carboxylic acids is 1. The maximum atomic E-state index is 12.7. The van der Waals surface area contributed by atoms with Gasteiger partial charge in [-0.05, 0) is 49.4 Å². The van der Waals surface area contributed by atoms with E-state index in [4.69, 9.17) is 4.74 Å². The van der Waals surface area contributed by atoms with Crippen LogP contribution in [0, 0.1) is 0 Å². The fourth-order valence-electron chi connectivity index (χ4n) is 5.73. The van der Waals surface area contributed by atoms with Crippen molar-refractivity contribution in [1.82, 2.24) is 9.80 Å². The molecule has 164 valence electrons. The van der Waals surface area contributed by atoms with Crippen LogP contribution >= 0.6 is 0 Å². The number of likely N-dealkylation sites (tertiary alicyclic amines) is 1. The summed E-state index contributed by atoms with van der Waals surface area (Å²) >= 11 is 0. The van der Waals surface area contributed by atoms with Crippen molar-refractivity contribution in [3.05, 3.63) is 71.8 Å². The Hall–Kier alpha value is -2.21. The third-order valence-corrected chi connectivity index (χ3v) is 7.44. The highest BCUT2D eigenvalue weighted by atomic mass is 16.5. The van der Waals surface area contributed by atoms with E-state index in [1.807, 2.05) is 23.1 Å². The van der Waals surface area contributed by atoms with Gasteiger partial charge in [0, 0.05) is 19.0 Å². The van der Waals surface area contributed by atoms with Gasteiger partial charge in [-0.15, -0.1) is 0 Å². The molecule has 5 nitrogen and oxygen atoms in total. The minimum absolute atomic E-state index is 0.0294. The van der Waals surface area contributed by atoms with Gasteiger partial charge in [-0.1, -0.05) is 60.7 Å². The number of aliphatic hydroxyl groups excluding tert-OH is 1. The summed E-state index contributed by atoms with van der Waals surface area (Å²) in [6.07, 6.45) is 3.14. The first-order chi connectivity index (χ1) is 15.2. The summed E-state index contributed by atoms with van der Waals surface area (Å²) in [4.78, 5) is 17.2. The van der Waals surface area contributed by atoms with Crippen LogP contribution in [-0.2, 0) is 16.1 Å². The Morgan fingerprint density at radius 3 is 2.29 bits per heavy atom. The first kappa shape index (κ1) is 20.7. The average molecular weight is 421 g/mol.